The Morgan fingerprint density at radius 2 is 1.52 bits per heavy atom. The quantitative estimate of drug-likeness (QED) is 0.751. The van der Waals surface area contributed by atoms with Crippen LogP contribution in [0.1, 0.15) is 24.3 Å². The SMILES string of the molecule is CN1CC2CN(c3ccc(NC(=O)N4CCC(c5ccc(Cl)cc5)CC4)cc3)CC2C1. The lowest BCUT2D eigenvalue weighted by molar-refractivity contribution is 0.194. The van der Waals surface area contributed by atoms with E-state index in [2.05, 4.69) is 46.4 Å². The number of urea groups is 1. The number of amides is 2. The van der Waals surface area contributed by atoms with Crippen LogP contribution in [0.15, 0.2) is 48.5 Å². The number of fused-ring (bicyclic) bond motifs is 1. The van der Waals surface area contributed by atoms with Gasteiger partial charge in [0.2, 0.25) is 0 Å². The number of hydrogen-bond donors (Lipinski definition) is 1. The molecule has 0 spiro atoms. The number of hydrogen-bond acceptors (Lipinski definition) is 3. The van der Waals surface area contributed by atoms with E-state index in [1.54, 1.807) is 0 Å². The minimum Gasteiger partial charge on any atom is -0.371 e. The molecule has 2 atom stereocenters. The smallest absolute Gasteiger partial charge is 0.321 e. The Kier molecular flexibility index (Phi) is 5.81. The van der Waals surface area contributed by atoms with Crippen LogP contribution in [0.25, 0.3) is 0 Å². The number of piperidine rings is 1. The second kappa shape index (κ2) is 8.71. The van der Waals surface area contributed by atoms with Crippen LogP contribution in [-0.2, 0) is 0 Å². The summed E-state index contributed by atoms with van der Waals surface area (Å²) in [4.78, 5) is 19.6. The monoisotopic (exact) mass is 438 g/mol. The highest BCUT2D eigenvalue weighted by molar-refractivity contribution is 6.30. The van der Waals surface area contributed by atoms with E-state index in [1.165, 1.54) is 24.3 Å². The first-order valence-corrected chi connectivity index (χ1v) is 11.8. The fourth-order valence-electron chi connectivity index (χ4n) is 5.55. The van der Waals surface area contributed by atoms with Crippen LogP contribution < -0.4 is 10.2 Å². The maximum absolute atomic E-state index is 12.7. The molecule has 2 amide bonds. The van der Waals surface area contributed by atoms with Crippen molar-refractivity contribution in [2.75, 3.05) is 56.5 Å². The molecule has 0 aliphatic carbocycles. The fraction of sp³-hybridized carbons (Fsp3) is 0.480. The summed E-state index contributed by atoms with van der Waals surface area (Å²) >= 11 is 6.00. The molecule has 3 saturated heterocycles. The summed E-state index contributed by atoms with van der Waals surface area (Å²) in [6, 6.07) is 16.5. The van der Waals surface area contributed by atoms with Gasteiger partial charge in [-0.05, 0) is 79.6 Å². The van der Waals surface area contributed by atoms with Gasteiger partial charge in [0, 0.05) is 55.7 Å². The summed E-state index contributed by atoms with van der Waals surface area (Å²) in [7, 11) is 2.22. The summed E-state index contributed by atoms with van der Waals surface area (Å²) in [5, 5.41) is 3.85. The average Bonchev–Trinajstić information content (AvgIpc) is 3.32. The molecule has 164 valence electrons. The van der Waals surface area contributed by atoms with Gasteiger partial charge < -0.3 is 20.0 Å². The number of anilines is 2. The summed E-state index contributed by atoms with van der Waals surface area (Å²) in [5.74, 6) is 2.08. The van der Waals surface area contributed by atoms with E-state index in [9.17, 15) is 4.79 Å². The van der Waals surface area contributed by atoms with Crippen molar-refractivity contribution in [2.45, 2.75) is 18.8 Å². The van der Waals surface area contributed by atoms with E-state index in [1.807, 2.05) is 29.2 Å². The molecule has 0 bridgehead atoms. The third kappa shape index (κ3) is 4.53. The van der Waals surface area contributed by atoms with Gasteiger partial charge in [-0.15, -0.1) is 0 Å². The third-order valence-electron chi connectivity index (χ3n) is 7.28. The number of carbonyl (C=O) groups excluding carboxylic acids is 1. The Hall–Kier alpha value is -2.24. The first-order valence-electron chi connectivity index (χ1n) is 11.4. The number of rotatable bonds is 3. The van der Waals surface area contributed by atoms with Gasteiger partial charge in [-0.3, -0.25) is 0 Å². The van der Waals surface area contributed by atoms with Gasteiger partial charge in [0.25, 0.3) is 0 Å². The lowest BCUT2D eigenvalue weighted by Gasteiger charge is -2.32. The van der Waals surface area contributed by atoms with Gasteiger partial charge in [-0.25, -0.2) is 4.79 Å². The highest BCUT2D eigenvalue weighted by atomic mass is 35.5. The zero-order chi connectivity index (χ0) is 21.4. The number of carbonyl (C=O) groups is 1. The molecule has 0 radical (unpaired) electrons. The Labute approximate surface area is 190 Å². The summed E-state index contributed by atoms with van der Waals surface area (Å²) in [5.41, 5.74) is 3.45. The van der Waals surface area contributed by atoms with Crippen LogP contribution in [0.4, 0.5) is 16.2 Å². The van der Waals surface area contributed by atoms with Gasteiger partial charge in [0.1, 0.15) is 0 Å². The number of benzene rings is 2. The van der Waals surface area contributed by atoms with E-state index < -0.39 is 0 Å². The molecule has 3 aliphatic rings. The second-order valence-corrected chi connectivity index (χ2v) is 9.87. The van der Waals surface area contributed by atoms with Crippen molar-refractivity contribution < 1.29 is 4.79 Å². The molecule has 5 nitrogen and oxygen atoms in total. The van der Waals surface area contributed by atoms with Crippen LogP contribution in [0, 0.1) is 11.8 Å². The lowest BCUT2D eigenvalue weighted by Crippen LogP contribution is -2.40. The molecule has 5 rings (SSSR count). The van der Waals surface area contributed by atoms with Gasteiger partial charge in [-0.1, -0.05) is 23.7 Å². The van der Waals surface area contributed by atoms with Crippen LogP contribution in [0.5, 0.6) is 0 Å². The van der Waals surface area contributed by atoms with E-state index in [0.29, 0.717) is 5.92 Å². The van der Waals surface area contributed by atoms with E-state index >= 15 is 0 Å². The first kappa shape index (κ1) is 20.7. The van der Waals surface area contributed by atoms with Crippen molar-refractivity contribution in [3.05, 3.63) is 59.1 Å². The van der Waals surface area contributed by atoms with Crippen molar-refractivity contribution in [1.29, 1.82) is 0 Å². The molecule has 2 unspecified atom stereocenters. The molecule has 1 N–H and O–H groups in total. The van der Waals surface area contributed by atoms with E-state index in [-0.39, 0.29) is 6.03 Å². The predicted molar refractivity (Wildman–Crippen MR) is 127 cm³/mol. The van der Waals surface area contributed by atoms with Crippen LogP contribution >= 0.6 is 11.6 Å². The van der Waals surface area contributed by atoms with Crippen LogP contribution in [-0.4, -0.2) is 62.1 Å². The largest absolute Gasteiger partial charge is 0.371 e. The molecule has 0 aromatic heterocycles. The van der Waals surface area contributed by atoms with Gasteiger partial charge in [-0.2, -0.15) is 0 Å². The highest BCUT2D eigenvalue weighted by Crippen LogP contribution is 2.34. The Balaban J connectivity index is 1.12. The molecule has 6 heteroatoms. The van der Waals surface area contributed by atoms with Crippen LogP contribution in [0.2, 0.25) is 5.02 Å². The van der Waals surface area contributed by atoms with Crippen molar-refractivity contribution in [3.8, 4) is 0 Å². The zero-order valence-corrected chi connectivity index (χ0v) is 18.9. The molecular weight excluding hydrogens is 408 g/mol. The molecule has 31 heavy (non-hydrogen) atoms. The number of likely N-dealkylation sites (tertiary alicyclic amines) is 2. The average molecular weight is 439 g/mol. The molecular formula is C25H31ClN4O. The maximum atomic E-state index is 12.7. The van der Waals surface area contributed by atoms with Crippen molar-refractivity contribution in [3.63, 3.8) is 0 Å². The molecule has 2 aromatic carbocycles. The lowest BCUT2D eigenvalue weighted by atomic mass is 9.89. The Morgan fingerprint density at radius 3 is 2.13 bits per heavy atom. The topological polar surface area (TPSA) is 38.8 Å². The van der Waals surface area contributed by atoms with E-state index in [0.717, 1.165) is 61.6 Å². The summed E-state index contributed by atoms with van der Waals surface area (Å²) < 4.78 is 0. The minimum absolute atomic E-state index is 0.000970. The van der Waals surface area contributed by atoms with Gasteiger partial charge >= 0.3 is 6.03 Å². The van der Waals surface area contributed by atoms with Crippen molar-refractivity contribution in [1.82, 2.24) is 9.80 Å². The molecule has 0 saturated carbocycles. The minimum atomic E-state index is 0.000970. The molecule has 3 heterocycles. The van der Waals surface area contributed by atoms with Crippen LogP contribution in [0.3, 0.4) is 0 Å². The highest BCUT2D eigenvalue weighted by Gasteiger charge is 2.38. The fourth-order valence-corrected chi connectivity index (χ4v) is 5.67. The first-order chi connectivity index (χ1) is 15.0. The molecule has 3 aliphatic heterocycles. The normalized spacial score (nSPS) is 24.5. The second-order valence-electron chi connectivity index (χ2n) is 9.44. The maximum Gasteiger partial charge on any atom is 0.321 e. The zero-order valence-electron chi connectivity index (χ0n) is 18.1. The van der Waals surface area contributed by atoms with E-state index in [4.69, 9.17) is 11.6 Å². The van der Waals surface area contributed by atoms with Crippen molar-refractivity contribution in [2.24, 2.45) is 11.8 Å². The van der Waals surface area contributed by atoms with Crippen molar-refractivity contribution >= 4 is 29.0 Å². The number of nitrogens with one attached hydrogen (secondary N) is 1. The number of nitrogens with zero attached hydrogens (tertiary/aromatic N) is 3. The van der Waals surface area contributed by atoms with Gasteiger partial charge in [0.05, 0.1) is 0 Å². The molecule has 2 aromatic rings. The third-order valence-corrected chi connectivity index (χ3v) is 7.53. The summed E-state index contributed by atoms with van der Waals surface area (Å²) in [6.45, 7) is 6.27. The number of halogens is 1. The summed E-state index contributed by atoms with van der Waals surface area (Å²) in [6.07, 6.45) is 1.97. The predicted octanol–water partition coefficient (Wildman–Crippen LogP) is 4.75. The standard InChI is InChI=1S/C25H31ClN4O/c1-28-14-20-16-30(17-21(20)15-28)24-8-6-23(7-9-24)27-25(31)29-12-10-19(11-13-29)18-2-4-22(26)5-3-18/h2-9,19-21H,10-17H2,1H3,(H,27,31). The van der Waals surface area contributed by atoms with Gasteiger partial charge in [0.15, 0.2) is 0 Å². The Morgan fingerprint density at radius 1 is 0.903 bits per heavy atom. The molecule has 3 fully saturated rings. The Bertz CT molecular complexity index is 894.